The summed E-state index contributed by atoms with van der Waals surface area (Å²) in [5.41, 5.74) is 4.45. The largest absolute Gasteiger partial charge is 0.378 e. The zero-order chi connectivity index (χ0) is 16.4. The Labute approximate surface area is 134 Å². The van der Waals surface area contributed by atoms with Crippen molar-refractivity contribution in [2.75, 3.05) is 7.11 Å². The summed E-state index contributed by atoms with van der Waals surface area (Å²) in [6.45, 7) is 7.47. The van der Waals surface area contributed by atoms with Crippen LogP contribution in [0.5, 0.6) is 0 Å². The molecule has 2 N–H and O–H groups in total. The van der Waals surface area contributed by atoms with E-state index >= 15 is 0 Å². The van der Waals surface area contributed by atoms with Gasteiger partial charge < -0.3 is 4.74 Å². The smallest absolute Gasteiger partial charge is 0.133 e. The molecule has 0 atom stereocenters. The second-order valence-corrected chi connectivity index (χ2v) is 6.54. The van der Waals surface area contributed by atoms with E-state index in [4.69, 9.17) is 4.74 Å². The second-order valence-electron chi connectivity index (χ2n) is 6.54. The Morgan fingerprint density at radius 3 is 2.65 bits per heavy atom. The van der Waals surface area contributed by atoms with Gasteiger partial charge in [-0.05, 0) is 12.1 Å². The molecule has 0 bridgehead atoms. The number of nitrogens with zero attached hydrogens (tertiary/aromatic N) is 5. The molecule has 0 aliphatic carbocycles. The minimum atomic E-state index is 0.0227. The minimum Gasteiger partial charge on any atom is -0.378 e. The van der Waals surface area contributed by atoms with Gasteiger partial charge in [-0.3, -0.25) is 10.2 Å². The summed E-state index contributed by atoms with van der Waals surface area (Å²) in [5.74, 6) is 0. The van der Waals surface area contributed by atoms with Crippen molar-refractivity contribution in [2.24, 2.45) is 0 Å². The highest BCUT2D eigenvalue weighted by Crippen LogP contribution is 2.24. The Morgan fingerprint density at radius 2 is 1.96 bits per heavy atom. The van der Waals surface area contributed by atoms with Crippen LogP contribution in [0.3, 0.4) is 0 Å². The number of ether oxygens (including phenoxy) is 1. The summed E-state index contributed by atoms with van der Waals surface area (Å²) in [5, 5.41) is 22.9. The van der Waals surface area contributed by atoms with Gasteiger partial charge in [-0.1, -0.05) is 26.0 Å². The Bertz CT molecular complexity index is 778. The van der Waals surface area contributed by atoms with E-state index in [0.29, 0.717) is 13.2 Å². The van der Waals surface area contributed by atoms with Crippen LogP contribution in [0.1, 0.15) is 37.9 Å². The van der Waals surface area contributed by atoms with Crippen LogP contribution < -0.4 is 0 Å². The van der Waals surface area contributed by atoms with Crippen LogP contribution in [0.4, 0.5) is 0 Å². The summed E-state index contributed by atoms with van der Waals surface area (Å²) in [7, 11) is 1.65. The summed E-state index contributed by atoms with van der Waals surface area (Å²) in [6, 6.07) is 3.97. The molecule has 122 valence electrons. The first-order chi connectivity index (χ1) is 11.0. The fourth-order valence-corrected chi connectivity index (χ4v) is 2.22. The molecule has 0 fully saturated rings. The monoisotopic (exact) mass is 315 g/mol. The first-order valence-corrected chi connectivity index (χ1v) is 7.44. The highest BCUT2D eigenvalue weighted by atomic mass is 16.5. The Kier molecular flexibility index (Phi) is 3.99. The first-order valence-electron chi connectivity index (χ1n) is 7.44. The molecule has 0 saturated heterocycles. The highest BCUT2D eigenvalue weighted by molar-refractivity contribution is 5.52. The standard InChI is InChI=1S/C15H21N7O/c1-15(2,3)14-6-12(18-20-14)13-8-22(21-19-13)7-10-5-11(9-23-4)17-16-10/h5-6,8H,7,9H2,1-4H3,(H,16,17)(H,18,20). The third-order valence-corrected chi connectivity index (χ3v) is 3.50. The predicted octanol–water partition coefficient (Wildman–Crippen LogP) is 1.88. The number of methoxy groups -OCH3 is 1. The lowest BCUT2D eigenvalue weighted by atomic mass is 9.92. The van der Waals surface area contributed by atoms with Crippen molar-refractivity contribution in [2.45, 2.75) is 39.3 Å². The van der Waals surface area contributed by atoms with Crippen molar-refractivity contribution < 1.29 is 4.74 Å². The molecule has 0 spiro atoms. The van der Waals surface area contributed by atoms with E-state index in [9.17, 15) is 0 Å². The summed E-state index contributed by atoms with van der Waals surface area (Å²) >= 11 is 0. The summed E-state index contributed by atoms with van der Waals surface area (Å²) in [4.78, 5) is 0. The van der Waals surface area contributed by atoms with Crippen molar-refractivity contribution in [3.05, 3.63) is 35.4 Å². The van der Waals surface area contributed by atoms with Gasteiger partial charge in [-0.25, -0.2) is 4.68 Å². The molecule has 3 aromatic heterocycles. The molecule has 0 aromatic carbocycles. The molecule has 3 aromatic rings. The van der Waals surface area contributed by atoms with E-state index in [0.717, 1.165) is 28.5 Å². The lowest BCUT2D eigenvalue weighted by molar-refractivity contribution is 0.181. The van der Waals surface area contributed by atoms with E-state index in [2.05, 4.69) is 51.5 Å². The van der Waals surface area contributed by atoms with Crippen molar-refractivity contribution in [3.8, 4) is 11.4 Å². The zero-order valence-corrected chi connectivity index (χ0v) is 13.8. The van der Waals surface area contributed by atoms with Crippen LogP contribution in [-0.4, -0.2) is 42.5 Å². The molecule has 0 saturated carbocycles. The van der Waals surface area contributed by atoms with Gasteiger partial charge >= 0.3 is 0 Å². The molecule has 0 aliphatic heterocycles. The first kappa shape index (κ1) is 15.4. The molecule has 0 unspecified atom stereocenters. The molecule has 3 heterocycles. The topological polar surface area (TPSA) is 97.3 Å². The summed E-state index contributed by atoms with van der Waals surface area (Å²) < 4.78 is 6.81. The van der Waals surface area contributed by atoms with Gasteiger partial charge in [0.25, 0.3) is 0 Å². The minimum absolute atomic E-state index is 0.0227. The zero-order valence-electron chi connectivity index (χ0n) is 13.8. The van der Waals surface area contributed by atoms with Gasteiger partial charge in [0.2, 0.25) is 0 Å². The van der Waals surface area contributed by atoms with Crippen LogP contribution in [0.25, 0.3) is 11.4 Å². The summed E-state index contributed by atoms with van der Waals surface area (Å²) in [6.07, 6.45) is 1.87. The normalized spacial score (nSPS) is 12.0. The van der Waals surface area contributed by atoms with E-state index in [1.807, 2.05) is 18.3 Å². The van der Waals surface area contributed by atoms with Crippen molar-refractivity contribution in [1.82, 2.24) is 35.4 Å². The fourth-order valence-electron chi connectivity index (χ4n) is 2.22. The molecule has 23 heavy (non-hydrogen) atoms. The molecule has 3 rings (SSSR count). The van der Waals surface area contributed by atoms with Gasteiger partial charge in [-0.15, -0.1) is 5.10 Å². The van der Waals surface area contributed by atoms with Gasteiger partial charge in [-0.2, -0.15) is 10.2 Å². The predicted molar refractivity (Wildman–Crippen MR) is 84.7 cm³/mol. The van der Waals surface area contributed by atoms with Crippen LogP contribution in [0.2, 0.25) is 0 Å². The number of hydrogen-bond donors (Lipinski definition) is 2. The number of H-pyrrole nitrogens is 2. The van der Waals surface area contributed by atoms with Crippen molar-refractivity contribution in [3.63, 3.8) is 0 Å². The average Bonchev–Trinajstić information content (AvgIpc) is 3.18. The van der Waals surface area contributed by atoms with Gasteiger partial charge in [0.05, 0.1) is 30.7 Å². The number of aromatic nitrogens is 7. The maximum absolute atomic E-state index is 5.05. The fraction of sp³-hybridized carbons (Fsp3) is 0.467. The van der Waals surface area contributed by atoms with Gasteiger partial charge in [0.1, 0.15) is 11.4 Å². The maximum Gasteiger partial charge on any atom is 0.133 e. The van der Waals surface area contributed by atoms with Gasteiger partial charge in [0.15, 0.2) is 0 Å². The molecular weight excluding hydrogens is 294 g/mol. The second kappa shape index (κ2) is 5.96. The van der Waals surface area contributed by atoms with Crippen LogP contribution in [-0.2, 0) is 23.3 Å². The van der Waals surface area contributed by atoms with Crippen molar-refractivity contribution in [1.29, 1.82) is 0 Å². The molecule has 8 heteroatoms. The highest BCUT2D eigenvalue weighted by Gasteiger charge is 2.18. The molecule has 8 nitrogen and oxygen atoms in total. The van der Waals surface area contributed by atoms with Crippen LogP contribution in [0, 0.1) is 0 Å². The Balaban J connectivity index is 1.73. The Hall–Kier alpha value is -2.48. The number of aromatic amines is 2. The third kappa shape index (κ3) is 3.48. The Morgan fingerprint density at radius 1 is 1.13 bits per heavy atom. The van der Waals surface area contributed by atoms with E-state index in [1.165, 1.54) is 0 Å². The SMILES string of the molecule is COCc1cc(Cn2cc(-c3cc(C(C)(C)C)[nH]n3)nn2)[nH]n1. The number of nitrogens with one attached hydrogen (secondary N) is 2. The molecule has 0 radical (unpaired) electrons. The van der Waals surface area contributed by atoms with Crippen molar-refractivity contribution >= 4 is 0 Å². The van der Waals surface area contributed by atoms with E-state index < -0.39 is 0 Å². The van der Waals surface area contributed by atoms with Crippen LogP contribution in [0.15, 0.2) is 18.3 Å². The number of hydrogen-bond acceptors (Lipinski definition) is 5. The lowest BCUT2D eigenvalue weighted by Gasteiger charge is -2.14. The van der Waals surface area contributed by atoms with E-state index in [-0.39, 0.29) is 5.41 Å². The maximum atomic E-state index is 5.05. The molecule has 0 aliphatic rings. The lowest BCUT2D eigenvalue weighted by Crippen LogP contribution is -2.11. The quantitative estimate of drug-likeness (QED) is 0.749. The molecule has 0 amide bonds. The van der Waals surface area contributed by atoms with Crippen LogP contribution >= 0.6 is 0 Å². The van der Waals surface area contributed by atoms with Gasteiger partial charge in [0, 0.05) is 18.2 Å². The number of rotatable bonds is 5. The third-order valence-electron chi connectivity index (χ3n) is 3.50. The van der Waals surface area contributed by atoms with E-state index in [1.54, 1.807) is 11.8 Å². The molecular formula is C15H21N7O. The average molecular weight is 315 g/mol.